The van der Waals surface area contributed by atoms with Crippen molar-refractivity contribution in [3.05, 3.63) is 54.1 Å². The Bertz CT molecular complexity index is 1040. The Kier molecular flexibility index (Phi) is 6.54. The predicted octanol–water partition coefficient (Wildman–Crippen LogP) is 2.16. The minimum Gasteiger partial charge on any atom is -0.497 e. The van der Waals surface area contributed by atoms with Crippen LogP contribution in [0.1, 0.15) is 11.7 Å². The van der Waals surface area contributed by atoms with Gasteiger partial charge in [0, 0.05) is 26.2 Å². The molecule has 2 aliphatic heterocycles. The van der Waals surface area contributed by atoms with Crippen LogP contribution in [-0.4, -0.2) is 82.2 Å². The number of carbonyl (C=O) groups excluding carboxylic acids is 1. The Labute approximate surface area is 188 Å². The number of amides is 2. The zero-order valence-electron chi connectivity index (χ0n) is 18.1. The van der Waals surface area contributed by atoms with Gasteiger partial charge in [-0.3, -0.25) is 0 Å². The summed E-state index contributed by atoms with van der Waals surface area (Å²) in [6, 6.07) is 13.2. The standard InChI is InChI=1S/C22H27N3O6S/c1-29-18-5-3-17(4-6-18)21-24(22(26)23-13-15-31-16-14-23)11-12-25(21)32(27,28)20-9-7-19(30-2)8-10-20/h3-10,21H,11-16H2,1-2H3. The third kappa shape index (κ3) is 4.25. The van der Waals surface area contributed by atoms with Crippen LogP contribution in [0, 0.1) is 0 Å². The van der Waals surface area contributed by atoms with Crippen LogP contribution < -0.4 is 9.47 Å². The van der Waals surface area contributed by atoms with Gasteiger partial charge in [-0.25, -0.2) is 13.2 Å². The summed E-state index contributed by atoms with van der Waals surface area (Å²) in [7, 11) is -0.769. The number of methoxy groups -OCH3 is 2. The lowest BCUT2D eigenvalue weighted by atomic mass is 10.1. The number of morpholine rings is 1. The van der Waals surface area contributed by atoms with E-state index in [2.05, 4.69) is 0 Å². The molecule has 2 fully saturated rings. The van der Waals surface area contributed by atoms with Crippen molar-refractivity contribution < 1.29 is 27.4 Å². The second kappa shape index (κ2) is 9.35. The fraction of sp³-hybridized carbons (Fsp3) is 0.409. The highest BCUT2D eigenvalue weighted by molar-refractivity contribution is 7.89. The molecule has 0 spiro atoms. The van der Waals surface area contributed by atoms with Crippen molar-refractivity contribution in [2.24, 2.45) is 0 Å². The van der Waals surface area contributed by atoms with Crippen molar-refractivity contribution >= 4 is 16.1 Å². The zero-order chi connectivity index (χ0) is 22.7. The summed E-state index contributed by atoms with van der Waals surface area (Å²) in [6.07, 6.45) is -0.761. The van der Waals surface area contributed by atoms with Crippen LogP contribution in [-0.2, 0) is 14.8 Å². The number of rotatable bonds is 5. The molecular weight excluding hydrogens is 434 g/mol. The van der Waals surface area contributed by atoms with Crippen LogP contribution in [0.3, 0.4) is 0 Å². The average Bonchev–Trinajstić information content (AvgIpc) is 3.30. The fourth-order valence-corrected chi connectivity index (χ4v) is 5.57. The molecular formula is C22H27N3O6S. The molecule has 4 rings (SSSR count). The van der Waals surface area contributed by atoms with E-state index in [-0.39, 0.29) is 17.5 Å². The first kappa shape index (κ1) is 22.4. The minimum absolute atomic E-state index is 0.150. The topological polar surface area (TPSA) is 88.6 Å². The van der Waals surface area contributed by atoms with Crippen molar-refractivity contribution in [1.29, 1.82) is 0 Å². The van der Waals surface area contributed by atoms with Crippen LogP contribution in [0.25, 0.3) is 0 Å². The molecule has 0 N–H and O–H groups in total. The van der Waals surface area contributed by atoms with E-state index in [1.54, 1.807) is 53.3 Å². The first-order chi connectivity index (χ1) is 15.5. The van der Waals surface area contributed by atoms with Crippen LogP contribution >= 0.6 is 0 Å². The van der Waals surface area contributed by atoms with E-state index in [0.717, 1.165) is 0 Å². The third-order valence-electron chi connectivity index (χ3n) is 5.74. The Hall–Kier alpha value is -2.82. The number of benzene rings is 2. The van der Waals surface area contributed by atoms with Gasteiger partial charge >= 0.3 is 6.03 Å². The van der Waals surface area contributed by atoms with Crippen LogP contribution in [0.4, 0.5) is 4.79 Å². The monoisotopic (exact) mass is 461 g/mol. The van der Waals surface area contributed by atoms with Gasteiger partial charge in [0.1, 0.15) is 17.7 Å². The SMILES string of the molecule is COc1ccc(C2N(C(=O)N3CCOCC3)CCN2S(=O)(=O)c2ccc(OC)cc2)cc1. The number of ether oxygens (including phenoxy) is 3. The average molecular weight is 462 g/mol. The molecule has 1 atom stereocenters. The normalized spacial score (nSPS) is 19.8. The molecule has 2 saturated heterocycles. The molecule has 2 aromatic rings. The van der Waals surface area contributed by atoms with Crippen molar-refractivity contribution in [3.8, 4) is 11.5 Å². The molecule has 32 heavy (non-hydrogen) atoms. The number of hydrogen-bond acceptors (Lipinski definition) is 6. The highest BCUT2D eigenvalue weighted by Crippen LogP contribution is 2.36. The lowest BCUT2D eigenvalue weighted by Crippen LogP contribution is -2.49. The van der Waals surface area contributed by atoms with Gasteiger partial charge in [0.15, 0.2) is 0 Å². The van der Waals surface area contributed by atoms with Crippen LogP contribution in [0.15, 0.2) is 53.4 Å². The molecule has 0 saturated carbocycles. The Morgan fingerprint density at radius 3 is 2.00 bits per heavy atom. The molecule has 2 aromatic carbocycles. The van der Waals surface area contributed by atoms with Crippen molar-refractivity contribution in [2.75, 3.05) is 53.6 Å². The van der Waals surface area contributed by atoms with Crippen molar-refractivity contribution in [1.82, 2.24) is 14.1 Å². The number of sulfonamides is 1. The van der Waals surface area contributed by atoms with Gasteiger partial charge in [0.05, 0.1) is 32.3 Å². The fourth-order valence-electron chi connectivity index (χ4n) is 4.00. The van der Waals surface area contributed by atoms with Crippen LogP contribution in [0.2, 0.25) is 0 Å². The molecule has 0 aromatic heterocycles. The number of nitrogens with zero attached hydrogens (tertiary/aromatic N) is 3. The van der Waals surface area contributed by atoms with E-state index in [0.29, 0.717) is 49.9 Å². The Morgan fingerprint density at radius 1 is 0.875 bits per heavy atom. The summed E-state index contributed by atoms with van der Waals surface area (Å²) in [5.74, 6) is 1.23. The summed E-state index contributed by atoms with van der Waals surface area (Å²) >= 11 is 0. The predicted molar refractivity (Wildman–Crippen MR) is 117 cm³/mol. The molecule has 1 unspecified atom stereocenters. The number of carbonyl (C=O) groups is 1. The summed E-state index contributed by atoms with van der Waals surface area (Å²) in [6.45, 7) is 2.40. The molecule has 2 heterocycles. The van der Waals surface area contributed by atoms with E-state index in [4.69, 9.17) is 14.2 Å². The maximum Gasteiger partial charge on any atom is 0.321 e. The summed E-state index contributed by atoms with van der Waals surface area (Å²) in [4.78, 5) is 16.8. The summed E-state index contributed by atoms with van der Waals surface area (Å²) in [5, 5.41) is 0. The molecule has 0 radical (unpaired) electrons. The molecule has 0 bridgehead atoms. The summed E-state index contributed by atoms with van der Waals surface area (Å²) < 4.78 is 44.3. The van der Waals surface area contributed by atoms with Gasteiger partial charge in [0.2, 0.25) is 10.0 Å². The quantitative estimate of drug-likeness (QED) is 0.678. The highest BCUT2D eigenvalue weighted by Gasteiger charge is 2.44. The summed E-state index contributed by atoms with van der Waals surface area (Å²) in [5.41, 5.74) is 0.696. The number of urea groups is 1. The lowest BCUT2D eigenvalue weighted by molar-refractivity contribution is 0.0400. The van der Waals surface area contributed by atoms with Gasteiger partial charge in [-0.05, 0) is 42.0 Å². The van der Waals surface area contributed by atoms with Gasteiger partial charge in [-0.2, -0.15) is 4.31 Å². The Morgan fingerprint density at radius 2 is 1.44 bits per heavy atom. The van der Waals surface area contributed by atoms with E-state index in [1.807, 2.05) is 0 Å². The van der Waals surface area contributed by atoms with Gasteiger partial charge in [-0.15, -0.1) is 0 Å². The molecule has 0 aliphatic carbocycles. The third-order valence-corrected chi connectivity index (χ3v) is 7.60. The van der Waals surface area contributed by atoms with E-state index < -0.39 is 16.2 Å². The van der Waals surface area contributed by atoms with E-state index in [1.165, 1.54) is 23.5 Å². The van der Waals surface area contributed by atoms with E-state index >= 15 is 0 Å². The second-order valence-corrected chi connectivity index (χ2v) is 9.40. The molecule has 172 valence electrons. The van der Waals surface area contributed by atoms with Crippen molar-refractivity contribution in [2.45, 2.75) is 11.1 Å². The molecule has 10 heteroatoms. The minimum atomic E-state index is -3.86. The first-order valence-corrected chi connectivity index (χ1v) is 11.8. The van der Waals surface area contributed by atoms with Gasteiger partial charge in [-0.1, -0.05) is 12.1 Å². The smallest absolute Gasteiger partial charge is 0.321 e. The highest BCUT2D eigenvalue weighted by atomic mass is 32.2. The van der Waals surface area contributed by atoms with Crippen molar-refractivity contribution in [3.63, 3.8) is 0 Å². The number of hydrogen-bond donors (Lipinski definition) is 0. The molecule has 2 aliphatic rings. The largest absolute Gasteiger partial charge is 0.497 e. The zero-order valence-corrected chi connectivity index (χ0v) is 19.0. The molecule has 2 amide bonds. The van der Waals surface area contributed by atoms with Gasteiger partial charge < -0.3 is 24.0 Å². The Balaban J connectivity index is 1.70. The molecule has 9 nitrogen and oxygen atoms in total. The maximum absolute atomic E-state index is 13.6. The maximum atomic E-state index is 13.6. The lowest BCUT2D eigenvalue weighted by Gasteiger charge is -2.35. The van der Waals surface area contributed by atoms with Crippen LogP contribution in [0.5, 0.6) is 11.5 Å². The first-order valence-electron chi connectivity index (χ1n) is 10.4. The second-order valence-electron chi connectivity index (χ2n) is 7.51. The van der Waals surface area contributed by atoms with E-state index in [9.17, 15) is 13.2 Å². The van der Waals surface area contributed by atoms with Gasteiger partial charge in [0.25, 0.3) is 0 Å².